The first kappa shape index (κ1) is 11.0. The summed E-state index contributed by atoms with van der Waals surface area (Å²) in [5.41, 5.74) is 6.86. The van der Waals surface area contributed by atoms with Gasteiger partial charge in [-0.3, -0.25) is 0 Å². The third-order valence-corrected chi connectivity index (χ3v) is 2.63. The van der Waals surface area contributed by atoms with E-state index in [1.165, 1.54) is 0 Å². The molecule has 1 atom stereocenters. The number of rotatable bonds is 3. The maximum Gasteiger partial charge on any atom is 0.0655 e. The molecule has 0 saturated heterocycles. The third-order valence-electron chi connectivity index (χ3n) is 1.71. The van der Waals surface area contributed by atoms with Gasteiger partial charge >= 0.3 is 0 Å². The first-order valence-corrected chi connectivity index (χ1v) is 5.01. The highest BCUT2D eigenvalue weighted by Gasteiger charge is 2.09. The van der Waals surface area contributed by atoms with Crippen LogP contribution in [0.15, 0.2) is 22.7 Å². The zero-order chi connectivity index (χ0) is 9.84. The summed E-state index contributed by atoms with van der Waals surface area (Å²) in [5, 5.41) is 0.695. The topological polar surface area (TPSA) is 35.2 Å². The van der Waals surface area contributed by atoms with Crippen molar-refractivity contribution >= 4 is 27.5 Å². The summed E-state index contributed by atoms with van der Waals surface area (Å²) in [6.07, 6.45) is 0. The molecule has 72 valence electrons. The zero-order valence-corrected chi connectivity index (χ0v) is 9.60. The first-order valence-electron chi connectivity index (χ1n) is 3.84. The van der Waals surface area contributed by atoms with Gasteiger partial charge in [-0.2, -0.15) is 0 Å². The van der Waals surface area contributed by atoms with E-state index in [2.05, 4.69) is 15.9 Å². The highest BCUT2D eigenvalue weighted by atomic mass is 79.9. The summed E-state index contributed by atoms with van der Waals surface area (Å²) in [6.45, 7) is 0.500. The molecule has 2 N–H and O–H groups in total. The van der Waals surface area contributed by atoms with Gasteiger partial charge in [-0.1, -0.05) is 33.6 Å². The Labute approximate surface area is 91.2 Å². The Hall–Kier alpha value is -0.0900. The van der Waals surface area contributed by atoms with Crippen molar-refractivity contribution in [3.63, 3.8) is 0 Å². The zero-order valence-electron chi connectivity index (χ0n) is 7.26. The fraction of sp³-hybridized carbons (Fsp3) is 0.333. The molecule has 2 nitrogen and oxygen atoms in total. The molecule has 0 aliphatic carbocycles. The van der Waals surface area contributed by atoms with Crippen LogP contribution in [0.4, 0.5) is 0 Å². The van der Waals surface area contributed by atoms with E-state index in [-0.39, 0.29) is 6.04 Å². The lowest BCUT2D eigenvalue weighted by molar-refractivity contribution is 0.180. The molecule has 0 aromatic heterocycles. The normalized spacial score (nSPS) is 12.9. The lowest BCUT2D eigenvalue weighted by Gasteiger charge is -2.12. The number of hydrogen-bond donors (Lipinski definition) is 1. The molecule has 13 heavy (non-hydrogen) atoms. The fourth-order valence-electron chi connectivity index (χ4n) is 1.07. The van der Waals surface area contributed by atoms with E-state index in [9.17, 15) is 0 Å². The summed E-state index contributed by atoms with van der Waals surface area (Å²) in [5.74, 6) is 0. The maximum absolute atomic E-state index is 5.86. The Bertz CT molecular complexity index is 293. The minimum Gasteiger partial charge on any atom is -0.383 e. The van der Waals surface area contributed by atoms with Gasteiger partial charge in [0.15, 0.2) is 0 Å². The van der Waals surface area contributed by atoms with Crippen LogP contribution < -0.4 is 5.73 Å². The van der Waals surface area contributed by atoms with Gasteiger partial charge in [-0.05, 0) is 17.7 Å². The van der Waals surface area contributed by atoms with E-state index in [1.54, 1.807) is 7.11 Å². The minimum absolute atomic E-state index is 0.114. The molecule has 0 radical (unpaired) electrons. The molecule has 0 fully saturated rings. The van der Waals surface area contributed by atoms with Crippen molar-refractivity contribution < 1.29 is 4.74 Å². The van der Waals surface area contributed by atoms with Crippen molar-refractivity contribution in [1.29, 1.82) is 0 Å². The number of benzene rings is 1. The van der Waals surface area contributed by atoms with Crippen LogP contribution in [0.25, 0.3) is 0 Å². The summed E-state index contributed by atoms with van der Waals surface area (Å²) < 4.78 is 5.89. The van der Waals surface area contributed by atoms with Crippen molar-refractivity contribution in [2.75, 3.05) is 13.7 Å². The smallest absolute Gasteiger partial charge is 0.0655 e. The van der Waals surface area contributed by atoms with E-state index in [4.69, 9.17) is 22.1 Å². The molecular weight excluding hydrogens is 253 g/mol. The first-order chi connectivity index (χ1) is 6.15. The van der Waals surface area contributed by atoms with E-state index < -0.39 is 0 Å². The third kappa shape index (κ3) is 2.95. The SMILES string of the molecule is COCC(N)c1ccc(Cl)cc1Br. The number of halogens is 2. The van der Waals surface area contributed by atoms with Gasteiger partial charge in [-0.15, -0.1) is 0 Å². The molecule has 0 aliphatic heterocycles. The summed E-state index contributed by atoms with van der Waals surface area (Å²) >= 11 is 9.19. The number of nitrogens with two attached hydrogens (primary N) is 1. The number of methoxy groups -OCH3 is 1. The second-order valence-corrected chi connectivity index (χ2v) is 4.02. The summed E-state index contributed by atoms with van der Waals surface area (Å²) in [7, 11) is 1.63. The maximum atomic E-state index is 5.86. The fourth-order valence-corrected chi connectivity index (χ4v) is 2.05. The van der Waals surface area contributed by atoms with Crippen molar-refractivity contribution in [1.82, 2.24) is 0 Å². The van der Waals surface area contributed by atoms with Gasteiger partial charge in [0.25, 0.3) is 0 Å². The van der Waals surface area contributed by atoms with Crippen molar-refractivity contribution in [2.24, 2.45) is 5.73 Å². The van der Waals surface area contributed by atoms with Crippen molar-refractivity contribution in [3.05, 3.63) is 33.3 Å². The van der Waals surface area contributed by atoms with Crippen LogP contribution in [0.5, 0.6) is 0 Å². The standard InChI is InChI=1S/C9H11BrClNO/c1-13-5-9(12)7-3-2-6(11)4-8(7)10/h2-4,9H,5,12H2,1H3. The van der Waals surface area contributed by atoms with Gasteiger partial charge in [-0.25, -0.2) is 0 Å². The van der Waals surface area contributed by atoms with Crippen LogP contribution in [0.3, 0.4) is 0 Å². The van der Waals surface area contributed by atoms with Gasteiger partial charge in [0.1, 0.15) is 0 Å². The van der Waals surface area contributed by atoms with Gasteiger partial charge < -0.3 is 10.5 Å². The quantitative estimate of drug-likeness (QED) is 0.911. The summed E-state index contributed by atoms with van der Waals surface area (Å²) in [6, 6.07) is 5.43. The molecule has 0 spiro atoms. The molecule has 1 aromatic carbocycles. The molecule has 0 saturated carbocycles. The van der Waals surface area contributed by atoms with E-state index in [0.29, 0.717) is 11.6 Å². The Morgan fingerprint density at radius 1 is 1.62 bits per heavy atom. The molecule has 0 heterocycles. The van der Waals surface area contributed by atoms with E-state index >= 15 is 0 Å². The Kier molecular flexibility index (Phi) is 4.19. The van der Waals surface area contributed by atoms with Crippen LogP contribution in [-0.2, 0) is 4.74 Å². The highest BCUT2D eigenvalue weighted by molar-refractivity contribution is 9.10. The predicted molar refractivity (Wildman–Crippen MR) is 58.0 cm³/mol. The van der Waals surface area contributed by atoms with Crippen molar-refractivity contribution in [2.45, 2.75) is 6.04 Å². The molecule has 1 rings (SSSR count). The van der Waals surface area contributed by atoms with Gasteiger partial charge in [0, 0.05) is 16.6 Å². The number of hydrogen-bond acceptors (Lipinski definition) is 2. The number of ether oxygens (including phenoxy) is 1. The molecule has 0 bridgehead atoms. The van der Waals surface area contributed by atoms with E-state index in [1.807, 2.05) is 18.2 Å². The molecule has 0 aliphatic rings. The minimum atomic E-state index is -0.114. The lowest BCUT2D eigenvalue weighted by Crippen LogP contribution is -2.16. The van der Waals surface area contributed by atoms with Gasteiger partial charge in [0.05, 0.1) is 12.6 Å². The second kappa shape index (κ2) is 4.96. The lowest BCUT2D eigenvalue weighted by atomic mass is 10.1. The second-order valence-electron chi connectivity index (χ2n) is 2.73. The van der Waals surface area contributed by atoms with Crippen LogP contribution >= 0.6 is 27.5 Å². The average Bonchev–Trinajstić information content (AvgIpc) is 2.04. The summed E-state index contributed by atoms with van der Waals surface area (Å²) in [4.78, 5) is 0. The highest BCUT2D eigenvalue weighted by Crippen LogP contribution is 2.25. The Balaban J connectivity index is 2.88. The predicted octanol–water partition coefficient (Wildman–Crippen LogP) is 2.75. The molecule has 1 unspecified atom stereocenters. The molecule has 0 amide bonds. The van der Waals surface area contributed by atoms with Crippen LogP contribution in [0.1, 0.15) is 11.6 Å². The van der Waals surface area contributed by atoms with E-state index in [0.717, 1.165) is 10.0 Å². The molecule has 4 heteroatoms. The van der Waals surface area contributed by atoms with Crippen LogP contribution in [-0.4, -0.2) is 13.7 Å². The van der Waals surface area contributed by atoms with Crippen LogP contribution in [0.2, 0.25) is 5.02 Å². The average molecular weight is 265 g/mol. The Morgan fingerprint density at radius 3 is 2.85 bits per heavy atom. The largest absolute Gasteiger partial charge is 0.383 e. The van der Waals surface area contributed by atoms with Gasteiger partial charge in [0.2, 0.25) is 0 Å². The molecular formula is C9H11BrClNO. The Morgan fingerprint density at radius 2 is 2.31 bits per heavy atom. The van der Waals surface area contributed by atoms with Crippen molar-refractivity contribution in [3.8, 4) is 0 Å². The molecule has 1 aromatic rings. The monoisotopic (exact) mass is 263 g/mol. The van der Waals surface area contributed by atoms with Crippen LogP contribution in [0, 0.1) is 0 Å².